The molecule has 2 fully saturated rings. The Hall–Kier alpha value is -1.54. The summed E-state index contributed by atoms with van der Waals surface area (Å²) in [7, 11) is 0. The quantitative estimate of drug-likeness (QED) is 0.167. The van der Waals surface area contributed by atoms with E-state index in [4.69, 9.17) is 0 Å². The number of rotatable bonds is 13. The van der Waals surface area contributed by atoms with Crippen molar-refractivity contribution in [2.24, 2.45) is 23.7 Å². The number of hydrogen-bond donors (Lipinski definition) is 4. The minimum Gasteiger partial charge on any atom is -0.464 e. The summed E-state index contributed by atoms with van der Waals surface area (Å²) >= 11 is 0. The molecule has 8 nitrogen and oxygen atoms in total. The lowest BCUT2D eigenvalue weighted by Crippen LogP contribution is -2.71. The molecular formula is C32H62N4O4. The van der Waals surface area contributed by atoms with Crippen LogP contribution in [0.25, 0.3) is 0 Å². The highest BCUT2D eigenvalue weighted by atomic mass is 16.4. The van der Waals surface area contributed by atoms with Crippen molar-refractivity contribution in [1.82, 2.24) is 20.9 Å². The minimum absolute atomic E-state index is 0.182. The summed E-state index contributed by atoms with van der Waals surface area (Å²) in [5.41, 5.74) is 4.79. The second-order valence-corrected chi connectivity index (χ2v) is 14.1. The van der Waals surface area contributed by atoms with Gasteiger partial charge in [-0.05, 0) is 89.9 Å². The Labute approximate surface area is 245 Å². The van der Waals surface area contributed by atoms with E-state index in [9.17, 15) is 19.8 Å². The zero-order valence-electron chi connectivity index (χ0n) is 27.4. The van der Waals surface area contributed by atoms with Crippen molar-refractivity contribution < 1.29 is 19.8 Å². The van der Waals surface area contributed by atoms with Gasteiger partial charge in [0.15, 0.2) is 0 Å². The third kappa shape index (κ3) is 6.91. The first kappa shape index (κ1) is 34.7. The van der Waals surface area contributed by atoms with Crippen LogP contribution >= 0.6 is 0 Å². The summed E-state index contributed by atoms with van der Waals surface area (Å²) in [5, 5.41) is 23.2. The van der Waals surface area contributed by atoms with Crippen LogP contribution in [-0.4, -0.2) is 54.6 Å². The van der Waals surface area contributed by atoms with Crippen molar-refractivity contribution in [3.63, 3.8) is 0 Å². The Bertz CT molecular complexity index is 789. The van der Waals surface area contributed by atoms with Gasteiger partial charge in [0, 0.05) is 22.2 Å². The summed E-state index contributed by atoms with van der Waals surface area (Å²) in [6, 6.07) is 0. The summed E-state index contributed by atoms with van der Waals surface area (Å²) in [4.78, 5) is 23.3. The lowest BCUT2D eigenvalue weighted by Gasteiger charge is -2.60. The molecule has 0 radical (unpaired) electrons. The third-order valence-corrected chi connectivity index (χ3v) is 12.2. The maximum Gasteiger partial charge on any atom is 0.419 e. The van der Waals surface area contributed by atoms with Crippen LogP contribution in [0.5, 0.6) is 0 Å². The number of nitrogens with one attached hydrogen (secondary N) is 2. The first-order valence-corrected chi connectivity index (χ1v) is 16.2. The zero-order valence-corrected chi connectivity index (χ0v) is 27.4. The van der Waals surface area contributed by atoms with Crippen LogP contribution in [0.15, 0.2) is 0 Å². The molecule has 2 amide bonds. The zero-order chi connectivity index (χ0) is 30.5. The second-order valence-electron chi connectivity index (χ2n) is 14.1. The van der Waals surface area contributed by atoms with Gasteiger partial charge in [0.05, 0.1) is 0 Å². The maximum absolute atomic E-state index is 11.7. The van der Waals surface area contributed by atoms with Crippen molar-refractivity contribution >= 4 is 12.2 Å². The molecule has 2 aliphatic heterocycles. The second kappa shape index (κ2) is 13.6. The standard InChI is InChI=1S/C32H62N4O4/c1-11-29(7)21-25(23(5)31(9,13-3)35(29)33-27(37)38)19-17-15-16-18-20-26-22-30(8,12-2)36(34-28(39)40)32(10,14-4)24(26)6/h23-26,33-34H,11-22H2,1-10H3,(H,37,38)(H,39,40). The highest BCUT2D eigenvalue weighted by molar-refractivity contribution is 5.64. The largest absolute Gasteiger partial charge is 0.464 e. The number of nitrogens with zero attached hydrogens (tertiary/aromatic N) is 2. The highest BCUT2D eigenvalue weighted by Crippen LogP contribution is 2.50. The van der Waals surface area contributed by atoms with Crippen LogP contribution < -0.4 is 10.9 Å². The first-order chi connectivity index (χ1) is 18.6. The van der Waals surface area contributed by atoms with Gasteiger partial charge in [0.25, 0.3) is 0 Å². The predicted octanol–water partition coefficient (Wildman–Crippen LogP) is 8.28. The van der Waals surface area contributed by atoms with Crippen molar-refractivity contribution in [2.75, 3.05) is 0 Å². The minimum atomic E-state index is -0.971. The van der Waals surface area contributed by atoms with Gasteiger partial charge in [0.2, 0.25) is 0 Å². The smallest absolute Gasteiger partial charge is 0.419 e. The van der Waals surface area contributed by atoms with E-state index in [1.165, 1.54) is 38.5 Å². The summed E-state index contributed by atoms with van der Waals surface area (Å²) < 4.78 is 0. The fourth-order valence-electron chi connectivity index (χ4n) is 8.47. The number of carbonyl (C=O) groups is 2. The SMILES string of the molecule is CCC1(C)CC(CCCCCCC2CC(C)(CC)N(NC(=O)O)C(C)(CC)C2C)C(C)C(C)(CC)N1NC(=O)O. The van der Waals surface area contributed by atoms with Gasteiger partial charge in [-0.15, -0.1) is 0 Å². The van der Waals surface area contributed by atoms with E-state index >= 15 is 0 Å². The third-order valence-electron chi connectivity index (χ3n) is 12.2. The van der Waals surface area contributed by atoms with Crippen LogP contribution in [0.2, 0.25) is 0 Å². The summed E-state index contributed by atoms with van der Waals surface area (Å²) in [6.07, 6.45) is 11.0. The number of piperidine rings is 2. The van der Waals surface area contributed by atoms with Crippen LogP contribution in [0.1, 0.15) is 146 Å². The molecule has 0 bridgehead atoms. The molecule has 2 aliphatic rings. The normalized spacial score (nSPS) is 39.1. The van der Waals surface area contributed by atoms with Crippen molar-refractivity contribution in [2.45, 2.75) is 168 Å². The average Bonchev–Trinajstić information content (AvgIpc) is 2.91. The molecule has 2 rings (SSSR count). The maximum atomic E-state index is 11.7. The fourth-order valence-corrected chi connectivity index (χ4v) is 8.47. The van der Waals surface area contributed by atoms with E-state index in [0.717, 1.165) is 38.5 Å². The van der Waals surface area contributed by atoms with Crippen molar-refractivity contribution in [1.29, 1.82) is 0 Å². The molecule has 0 aliphatic carbocycles. The average molecular weight is 567 g/mol. The van der Waals surface area contributed by atoms with Gasteiger partial charge in [-0.3, -0.25) is 10.9 Å². The molecule has 0 saturated carbocycles. The Morgan fingerprint density at radius 3 is 1.23 bits per heavy atom. The van der Waals surface area contributed by atoms with E-state index in [-0.39, 0.29) is 22.2 Å². The lowest BCUT2D eigenvalue weighted by atomic mass is 9.63. The van der Waals surface area contributed by atoms with E-state index in [1.807, 2.05) is 0 Å². The topological polar surface area (TPSA) is 105 Å². The van der Waals surface area contributed by atoms with Crippen LogP contribution in [0, 0.1) is 23.7 Å². The Kier molecular flexibility index (Phi) is 11.8. The fraction of sp³-hybridized carbons (Fsp3) is 0.938. The number of amides is 2. The molecule has 4 N–H and O–H groups in total. The van der Waals surface area contributed by atoms with Gasteiger partial charge in [-0.25, -0.2) is 19.6 Å². The van der Waals surface area contributed by atoms with Crippen molar-refractivity contribution in [3.05, 3.63) is 0 Å². The van der Waals surface area contributed by atoms with E-state index in [0.29, 0.717) is 23.7 Å². The van der Waals surface area contributed by atoms with E-state index in [2.05, 4.69) is 90.1 Å². The van der Waals surface area contributed by atoms with Gasteiger partial charge < -0.3 is 10.2 Å². The van der Waals surface area contributed by atoms with Crippen LogP contribution in [-0.2, 0) is 0 Å². The molecule has 8 heteroatoms. The molecule has 0 aromatic carbocycles. The van der Waals surface area contributed by atoms with E-state index in [1.54, 1.807) is 0 Å². The molecule has 234 valence electrons. The molecule has 2 saturated heterocycles. The van der Waals surface area contributed by atoms with Gasteiger partial charge in [0.1, 0.15) is 0 Å². The number of carboxylic acid groups (broad SMARTS) is 2. The monoisotopic (exact) mass is 566 g/mol. The van der Waals surface area contributed by atoms with Gasteiger partial charge in [-0.1, -0.05) is 80.1 Å². The molecule has 8 unspecified atom stereocenters. The summed E-state index contributed by atoms with van der Waals surface area (Å²) in [6.45, 7) is 22.3. The first-order valence-electron chi connectivity index (χ1n) is 16.2. The van der Waals surface area contributed by atoms with Gasteiger partial charge in [-0.2, -0.15) is 0 Å². The predicted molar refractivity (Wildman–Crippen MR) is 163 cm³/mol. The molecule has 0 aromatic rings. The van der Waals surface area contributed by atoms with Crippen LogP contribution in [0.3, 0.4) is 0 Å². The molecule has 40 heavy (non-hydrogen) atoms. The number of unbranched alkanes of at least 4 members (excludes halogenated alkanes) is 3. The van der Waals surface area contributed by atoms with Gasteiger partial charge >= 0.3 is 12.2 Å². The summed E-state index contributed by atoms with van der Waals surface area (Å²) in [5.74, 6) is 1.99. The molecule has 2 heterocycles. The molecule has 0 spiro atoms. The Morgan fingerprint density at radius 1 is 0.650 bits per heavy atom. The number of hydrazine groups is 2. The molecule has 0 aromatic heterocycles. The lowest BCUT2D eigenvalue weighted by molar-refractivity contribution is -0.137. The Balaban J connectivity index is 1.97. The highest BCUT2D eigenvalue weighted by Gasteiger charge is 2.54. The molecular weight excluding hydrogens is 504 g/mol. The van der Waals surface area contributed by atoms with E-state index < -0.39 is 12.2 Å². The Morgan fingerprint density at radius 2 is 0.975 bits per heavy atom. The van der Waals surface area contributed by atoms with Crippen molar-refractivity contribution in [3.8, 4) is 0 Å². The number of hydrogen-bond acceptors (Lipinski definition) is 4. The molecule has 8 atom stereocenters. The van der Waals surface area contributed by atoms with Crippen LogP contribution in [0.4, 0.5) is 9.59 Å².